The van der Waals surface area contributed by atoms with E-state index in [1.165, 1.54) is 0 Å². The summed E-state index contributed by atoms with van der Waals surface area (Å²) in [6, 6.07) is 2.08. The minimum atomic E-state index is -0.846. The molecule has 0 aliphatic rings. The van der Waals surface area contributed by atoms with Crippen LogP contribution in [0.25, 0.3) is 0 Å². The Labute approximate surface area is 94.1 Å². The van der Waals surface area contributed by atoms with Gasteiger partial charge in [0.1, 0.15) is 5.54 Å². The van der Waals surface area contributed by atoms with E-state index in [4.69, 9.17) is 5.11 Å². The van der Waals surface area contributed by atoms with Crippen molar-refractivity contribution in [2.75, 3.05) is 0 Å². The lowest BCUT2D eigenvalue weighted by Gasteiger charge is -2.28. The van der Waals surface area contributed by atoms with Crippen molar-refractivity contribution in [3.63, 3.8) is 0 Å². The number of thiophene rings is 1. The Kier molecular flexibility index (Phi) is 3.88. The maximum atomic E-state index is 11.1. The average Bonchev–Trinajstić information content (AvgIpc) is 2.70. The van der Waals surface area contributed by atoms with Gasteiger partial charge in [0.05, 0.1) is 0 Å². The zero-order chi connectivity index (χ0) is 11.5. The van der Waals surface area contributed by atoms with Crippen LogP contribution in [0.2, 0.25) is 0 Å². The van der Waals surface area contributed by atoms with Crippen molar-refractivity contribution in [3.8, 4) is 0 Å². The molecule has 2 unspecified atom stereocenters. The zero-order valence-electron chi connectivity index (χ0n) is 9.28. The van der Waals surface area contributed by atoms with Gasteiger partial charge in [0, 0.05) is 6.04 Å². The lowest BCUT2D eigenvalue weighted by atomic mass is 9.97. The Bertz CT molecular complexity index is 323. The van der Waals surface area contributed by atoms with Crippen LogP contribution < -0.4 is 5.32 Å². The molecule has 1 rings (SSSR count). The van der Waals surface area contributed by atoms with Gasteiger partial charge in [-0.3, -0.25) is 10.1 Å². The topological polar surface area (TPSA) is 49.3 Å². The Morgan fingerprint density at radius 1 is 1.73 bits per heavy atom. The molecule has 1 aromatic rings. The van der Waals surface area contributed by atoms with Crippen LogP contribution in [0.15, 0.2) is 16.8 Å². The van der Waals surface area contributed by atoms with Gasteiger partial charge in [-0.2, -0.15) is 11.3 Å². The van der Waals surface area contributed by atoms with E-state index in [0.29, 0.717) is 6.42 Å². The summed E-state index contributed by atoms with van der Waals surface area (Å²) in [4.78, 5) is 11.1. The minimum Gasteiger partial charge on any atom is -0.480 e. The molecule has 0 spiro atoms. The number of nitrogens with one attached hydrogen (secondary N) is 1. The number of carboxylic acids is 1. The van der Waals surface area contributed by atoms with Crippen molar-refractivity contribution >= 4 is 17.3 Å². The largest absolute Gasteiger partial charge is 0.480 e. The van der Waals surface area contributed by atoms with E-state index in [1.807, 2.05) is 30.7 Å². The van der Waals surface area contributed by atoms with Crippen LogP contribution in [0.3, 0.4) is 0 Å². The molecule has 0 saturated heterocycles. The van der Waals surface area contributed by atoms with Crippen LogP contribution in [-0.4, -0.2) is 16.6 Å². The van der Waals surface area contributed by atoms with Crippen LogP contribution in [-0.2, 0) is 4.79 Å². The molecule has 0 saturated carbocycles. The smallest absolute Gasteiger partial charge is 0.323 e. The summed E-state index contributed by atoms with van der Waals surface area (Å²) in [7, 11) is 0. The molecule has 2 N–H and O–H groups in total. The molecule has 0 aliphatic carbocycles. The van der Waals surface area contributed by atoms with Crippen LogP contribution in [0.1, 0.15) is 38.8 Å². The predicted octanol–water partition coefficient (Wildman–Crippen LogP) is 2.65. The van der Waals surface area contributed by atoms with Gasteiger partial charge in [-0.15, -0.1) is 0 Å². The van der Waals surface area contributed by atoms with Crippen molar-refractivity contribution in [3.05, 3.63) is 22.4 Å². The Morgan fingerprint density at radius 2 is 2.40 bits per heavy atom. The Balaban J connectivity index is 2.72. The van der Waals surface area contributed by atoms with Gasteiger partial charge in [-0.25, -0.2) is 0 Å². The fraction of sp³-hybridized carbons (Fsp3) is 0.545. The van der Waals surface area contributed by atoms with E-state index >= 15 is 0 Å². The summed E-state index contributed by atoms with van der Waals surface area (Å²) in [5, 5.41) is 16.3. The number of aliphatic carboxylic acids is 1. The van der Waals surface area contributed by atoms with Crippen LogP contribution >= 0.6 is 11.3 Å². The molecule has 1 heterocycles. The van der Waals surface area contributed by atoms with E-state index in [0.717, 1.165) is 5.56 Å². The molecule has 0 aromatic carbocycles. The highest BCUT2D eigenvalue weighted by Crippen LogP contribution is 2.20. The summed E-state index contributed by atoms with van der Waals surface area (Å²) in [5.74, 6) is -0.799. The second kappa shape index (κ2) is 4.77. The molecule has 0 bridgehead atoms. The van der Waals surface area contributed by atoms with E-state index in [-0.39, 0.29) is 6.04 Å². The summed E-state index contributed by atoms with van der Waals surface area (Å²) in [5.41, 5.74) is 0.294. The zero-order valence-corrected chi connectivity index (χ0v) is 10.1. The molecule has 1 aromatic heterocycles. The van der Waals surface area contributed by atoms with Crippen LogP contribution in [0.5, 0.6) is 0 Å². The van der Waals surface area contributed by atoms with E-state index in [9.17, 15) is 4.79 Å². The van der Waals surface area contributed by atoms with E-state index < -0.39 is 11.5 Å². The minimum absolute atomic E-state index is 0.0669. The number of hydrogen-bond donors (Lipinski definition) is 2. The van der Waals surface area contributed by atoms with Crippen molar-refractivity contribution < 1.29 is 9.90 Å². The Morgan fingerprint density at radius 3 is 2.80 bits per heavy atom. The van der Waals surface area contributed by atoms with Gasteiger partial charge >= 0.3 is 5.97 Å². The first-order valence-corrected chi connectivity index (χ1v) is 5.97. The normalized spacial score (nSPS) is 17.0. The standard InChI is InChI=1S/C11H17NO2S/c1-4-11(3,10(13)14)12-8(2)9-5-6-15-7-9/h5-8,12H,4H2,1-3H3,(H,13,14). The third kappa shape index (κ3) is 2.79. The highest BCUT2D eigenvalue weighted by Gasteiger charge is 2.32. The molecule has 0 amide bonds. The molecule has 0 fully saturated rings. The highest BCUT2D eigenvalue weighted by atomic mass is 32.1. The average molecular weight is 227 g/mol. The first kappa shape index (κ1) is 12.2. The number of rotatable bonds is 5. The maximum Gasteiger partial charge on any atom is 0.323 e. The molecule has 0 aliphatic heterocycles. The summed E-state index contributed by atoms with van der Waals surface area (Å²) >= 11 is 1.62. The molecule has 4 heteroatoms. The van der Waals surface area contributed by atoms with Gasteiger partial charge in [-0.1, -0.05) is 6.92 Å². The number of hydrogen-bond acceptors (Lipinski definition) is 3. The third-order valence-corrected chi connectivity index (χ3v) is 3.46. The fourth-order valence-electron chi connectivity index (χ4n) is 1.40. The molecule has 2 atom stereocenters. The first-order chi connectivity index (χ1) is 6.99. The second-order valence-corrected chi connectivity index (χ2v) is 4.69. The summed E-state index contributed by atoms with van der Waals surface area (Å²) < 4.78 is 0. The highest BCUT2D eigenvalue weighted by molar-refractivity contribution is 7.07. The van der Waals surface area contributed by atoms with Crippen LogP contribution in [0, 0.1) is 0 Å². The molecule has 84 valence electrons. The monoisotopic (exact) mass is 227 g/mol. The third-order valence-electron chi connectivity index (χ3n) is 2.76. The molecule has 3 nitrogen and oxygen atoms in total. The quantitative estimate of drug-likeness (QED) is 0.813. The lowest BCUT2D eigenvalue weighted by molar-refractivity contribution is -0.144. The summed E-state index contributed by atoms with van der Waals surface area (Å²) in [6.07, 6.45) is 0.566. The van der Waals surface area contributed by atoms with Crippen molar-refractivity contribution in [1.29, 1.82) is 0 Å². The summed E-state index contributed by atoms with van der Waals surface area (Å²) in [6.45, 7) is 5.58. The number of carboxylic acid groups (broad SMARTS) is 1. The second-order valence-electron chi connectivity index (χ2n) is 3.91. The van der Waals surface area contributed by atoms with Crippen molar-refractivity contribution in [2.24, 2.45) is 0 Å². The van der Waals surface area contributed by atoms with Crippen LogP contribution in [0.4, 0.5) is 0 Å². The Hall–Kier alpha value is -0.870. The molecule has 0 radical (unpaired) electrons. The SMILES string of the molecule is CCC(C)(NC(C)c1ccsc1)C(=O)O. The predicted molar refractivity (Wildman–Crippen MR) is 62.2 cm³/mol. The van der Waals surface area contributed by atoms with E-state index in [1.54, 1.807) is 18.3 Å². The van der Waals surface area contributed by atoms with Gasteiger partial charge in [0.15, 0.2) is 0 Å². The lowest BCUT2D eigenvalue weighted by Crippen LogP contribution is -2.49. The first-order valence-electron chi connectivity index (χ1n) is 5.03. The maximum absolute atomic E-state index is 11.1. The molecular weight excluding hydrogens is 210 g/mol. The molecular formula is C11H17NO2S. The van der Waals surface area contributed by atoms with Gasteiger partial charge in [0.2, 0.25) is 0 Å². The van der Waals surface area contributed by atoms with Gasteiger partial charge < -0.3 is 5.11 Å². The number of carbonyl (C=O) groups is 1. The van der Waals surface area contributed by atoms with Crippen molar-refractivity contribution in [1.82, 2.24) is 5.32 Å². The molecule has 15 heavy (non-hydrogen) atoms. The van der Waals surface area contributed by atoms with Crippen molar-refractivity contribution in [2.45, 2.75) is 38.8 Å². The van der Waals surface area contributed by atoms with Gasteiger partial charge in [-0.05, 0) is 42.7 Å². The van der Waals surface area contributed by atoms with E-state index in [2.05, 4.69) is 5.32 Å². The van der Waals surface area contributed by atoms with Gasteiger partial charge in [0.25, 0.3) is 0 Å². The fourth-order valence-corrected chi connectivity index (χ4v) is 2.15.